The Balaban J connectivity index is 2.00. The van der Waals surface area contributed by atoms with Crippen LogP contribution in [0.2, 0.25) is 0 Å². The van der Waals surface area contributed by atoms with Gasteiger partial charge < -0.3 is 0 Å². The van der Waals surface area contributed by atoms with Crippen molar-refractivity contribution in [3.8, 4) is 0 Å². The van der Waals surface area contributed by atoms with Gasteiger partial charge in [-0.2, -0.15) is 11.1 Å². The smallest absolute Gasteiger partial charge is 0.0114 e. The minimum absolute atomic E-state index is 1.01. The highest BCUT2D eigenvalue weighted by Crippen LogP contribution is 2.06. The van der Waals surface area contributed by atoms with Crippen LogP contribution in [-0.4, -0.2) is 13.1 Å². The van der Waals surface area contributed by atoms with Crippen LogP contribution in [0.5, 0.6) is 0 Å². The van der Waals surface area contributed by atoms with Gasteiger partial charge in [0.05, 0.1) is 0 Å². The van der Waals surface area contributed by atoms with Crippen molar-refractivity contribution in [1.82, 2.24) is 21.9 Å². The molecule has 4 N–H and O–H groups in total. The summed E-state index contributed by atoms with van der Waals surface area (Å²) in [4.78, 5) is 0. The largest absolute Gasteiger partial charge is 0.243 e. The van der Waals surface area contributed by atoms with Gasteiger partial charge in [0.25, 0.3) is 0 Å². The monoisotopic (exact) mass is 199 g/mol. The number of hydrogen-bond donors (Lipinski definition) is 4. The van der Waals surface area contributed by atoms with Crippen LogP contribution in [0, 0.1) is 6.42 Å². The molecule has 1 saturated heterocycles. The fourth-order valence-electron chi connectivity index (χ4n) is 1.55. The van der Waals surface area contributed by atoms with E-state index in [-0.39, 0.29) is 0 Å². The maximum Gasteiger partial charge on any atom is 0.0114 e. The van der Waals surface area contributed by atoms with E-state index >= 15 is 0 Å². The highest BCUT2D eigenvalue weighted by Gasteiger charge is 1.94. The first kappa shape index (κ1) is 11.9. The molecule has 0 spiro atoms. The van der Waals surface area contributed by atoms with Crippen LogP contribution in [0.25, 0.3) is 0 Å². The van der Waals surface area contributed by atoms with Crippen LogP contribution in [0.4, 0.5) is 0 Å². The second-order valence-corrected chi connectivity index (χ2v) is 3.74. The normalized spacial score (nSPS) is 24.0. The Kier molecular flexibility index (Phi) is 8.00. The van der Waals surface area contributed by atoms with E-state index in [0.29, 0.717) is 0 Å². The zero-order valence-electron chi connectivity index (χ0n) is 8.94. The van der Waals surface area contributed by atoms with E-state index in [4.69, 9.17) is 0 Å². The van der Waals surface area contributed by atoms with Gasteiger partial charge in [0.2, 0.25) is 0 Å². The zero-order chi connectivity index (χ0) is 9.90. The average molecular weight is 199 g/mol. The Morgan fingerprint density at radius 2 is 1.29 bits per heavy atom. The fourth-order valence-corrected chi connectivity index (χ4v) is 1.55. The summed E-state index contributed by atoms with van der Waals surface area (Å²) < 4.78 is 0. The van der Waals surface area contributed by atoms with E-state index in [2.05, 4.69) is 28.3 Å². The molecule has 0 saturated carbocycles. The molecular weight excluding hydrogens is 176 g/mol. The van der Waals surface area contributed by atoms with Gasteiger partial charge in [-0.3, -0.25) is 0 Å². The molecule has 1 aliphatic heterocycles. The molecule has 1 aliphatic rings. The first-order chi connectivity index (χ1) is 7.00. The SMILES string of the molecule is [CH]1CCCCCCNNNNCCC1. The first-order valence-corrected chi connectivity index (χ1v) is 5.77. The molecule has 4 heteroatoms. The van der Waals surface area contributed by atoms with Crippen molar-refractivity contribution in [3.63, 3.8) is 0 Å². The Hall–Kier alpha value is -0.160. The van der Waals surface area contributed by atoms with Crippen molar-refractivity contribution in [3.05, 3.63) is 6.42 Å². The van der Waals surface area contributed by atoms with Gasteiger partial charge in [-0.15, -0.1) is 0 Å². The summed E-state index contributed by atoms with van der Waals surface area (Å²) in [5.41, 5.74) is 12.0. The van der Waals surface area contributed by atoms with Gasteiger partial charge in [-0.05, 0) is 25.7 Å². The van der Waals surface area contributed by atoms with Crippen molar-refractivity contribution >= 4 is 0 Å². The Bertz CT molecular complexity index is 65.4. The second kappa shape index (κ2) is 9.40. The van der Waals surface area contributed by atoms with E-state index in [1.54, 1.807) is 0 Å². The molecule has 0 aromatic heterocycles. The topological polar surface area (TPSA) is 48.1 Å². The second-order valence-electron chi connectivity index (χ2n) is 3.74. The van der Waals surface area contributed by atoms with Crippen LogP contribution in [0.1, 0.15) is 44.9 Å². The molecule has 0 aromatic carbocycles. The van der Waals surface area contributed by atoms with Gasteiger partial charge in [0.15, 0.2) is 0 Å². The Labute approximate surface area is 87.1 Å². The third-order valence-electron chi connectivity index (χ3n) is 2.41. The molecule has 0 unspecified atom stereocenters. The molecule has 0 aliphatic carbocycles. The Morgan fingerprint density at radius 3 is 2.14 bits per heavy atom. The molecular formula is C10H23N4. The summed E-state index contributed by atoms with van der Waals surface area (Å²) in [6.45, 7) is 2.03. The van der Waals surface area contributed by atoms with E-state index in [1.165, 1.54) is 44.9 Å². The van der Waals surface area contributed by atoms with Crippen molar-refractivity contribution < 1.29 is 0 Å². The van der Waals surface area contributed by atoms with E-state index < -0.39 is 0 Å². The quantitative estimate of drug-likeness (QED) is 0.471. The molecule has 1 rings (SSSR count). The maximum atomic E-state index is 3.11. The van der Waals surface area contributed by atoms with Gasteiger partial charge in [-0.25, -0.2) is 10.9 Å². The molecule has 0 amide bonds. The van der Waals surface area contributed by atoms with E-state index in [0.717, 1.165) is 13.1 Å². The fraction of sp³-hybridized carbons (Fsp3) is 0.900. The summed E-state index contributed by atoms with van der Waals surface area (Å²) in [7, 11) is 0. The molecule has 1 fully saturated rings. The molecule has 14 heavy (non-hydrogen) atoms. The molecule has 0 aromatic rings. The molecule has 1 heterocycles. The lowest BCUT2D eigenvalue weighted by Gasteiger charge is -2.10. The Morgan fingerprint density at radius 1 is 0.643 bits per heavy atom. The lowest BCUT2D eigenvalue weighted by atomic mass is 10.1. The first-order valence-electron chi connectivity index (χ1n) is 5.77. The van der Waals surface area contributed by atoms with Crippen molar-refractivity contribution in [2.75, 3.05) is 13.1 Å². The van der Waals surface area contributed by atoms with Crippen molar-refractivity contribution in [1.29, 1.82) is 0 Å². The van der Waals surface area contributed by atoms with Crippen LogP contribution < -0.4 is 21.9 Å². The number of rotatable bonds is 0. The minimum atomic E-state index is 1.01. The molecule has 1 radical (unpaired) electrons. The molecule has 83 valence electrons. The summed E-state index contributed by atoms with van der Waals surface area (Å²) in [6, 6.07) is 0. The molecule has 4 nitrogen and oxygen atoms in total. The van der Waals surface area contributed by atoms with Gasteiger partial charge in [-0.1, -0.05) is 25.7 Å². The molecule has 0 atom stereocenters. The van der Waals surface area contributed by atoms with Crippen LogP contribution in [0.3, 0.4) is 0 Å². The van der Waals surface area contributed by atoms with Crippen molar-refractivity contribution in [2.45, 2.75) is 44.9 Å². The van der Waals surface area contributed by atoms with Crippen LogP contribution in [-0.2, 0) is 0 Å². The van der Waals surface area contributed by atoms with Crippen LogP contribution in [0.15, 0.2) is 0 Å². The van der Waals surface area contributed by atoms with Gasteiger partial charge >= 0.3 is 0 Å². The maximum absolute atomic E-state index is 3.11. The van der Waals surface area contributed by atoms with Gasteiger partial charge in [0, 0.05) is 13.1 Å². The standard InChI is InChI=1S/C10H23N4/c1-2-4-6-8-10-12-14-13-11-9-7-5-3-1/h3,11-14H,1-2,4-10H2. The number of nitrogens with one attached hydrogen (secondary N) is 4. The summed E-state index contributed by atoms with van der Waals surface area (Å²) in [5.74, 6) is 0. The summed E-state index contributed by atoms with van der Waals surface area (Å²) in [6.07, 6.45) is 11.4. The molecule has 0 bridgehead atoms. The minimum Gasteiger partial charge on any atom is -0.243 e. The predicted octanol–water partition coefficient (Wildman–Crippen LogP) is 1.04. The summed E-state index contributed by atoms with van der Waals surface area (Å²) >= 11 is 0. The average Bonchev–Trinajstić information content (AvgIpc) is 2.22. The van der Waals surface area contributed by atoms with Crippen LogP contribution >= 0.6 is 0 Å². The lowest BCUT2D eigenvalue weighted by Crippen LogP contribution is -2.51. The zero-order valence-corrected chi connectivity index (χ0v) is 8.94. The third-order valence-corrected chi connectivity index (χ3v) is 2.41. The number of hydrazine groups is 3. The van der Waals surface area contributed by atoms with Crippen molar-refractivity contribution in [2.24, 2.45) is 0 Å². The lowest BCUT2D eigenvalue weighted by molar-refractivity contribution is 0.361. The number of hydrogen-bond acceptors (Lipinski definition) is 4. The summed E-state index contributed by atoms with van der Waals surface area (Å²) in [5, 5.41) is 0. The highest BCUT2D eigenvalue weighted by molar-refractivity contribution is 4.65. The predicted molar refractivity (Wildman–Crippen MR) is 58.9 cm³/mol. The van der Waals surface area contributed by atoms with E-state index in [1.807, 2.05) is 0 Å². The van der Waals surface area contributed by atoms with E-state index in [9.17, 15) is 0 Å². The van der Waals surface area contributed by atoms with Gasteiger partial charge in [0.1, 0.15) is 0 Å². The highest BCUT2D eigenvalue weighted by atomic mass is 15.7. The third kappa shape index (κ3) is 7.26.